The van der Waals surface area contributed by atoms with E-state index in [0.717, 1.165) is 43.1 Å². The first-order chi connectivity index (χ1) is 14.8. The van der Waals surface area contributed by atoms with Gasteiger partial charge < -0.3 is 14.9 Å². The Labute approximate surface area is 183 Å². The van der Waals surface area contributed by atoms with Crippen molar-refractivity contribution in [3.8, 4) is 5.69 Å². The number of anilines is 1. The Morgan fingerprint density at radius 1 is 1.03 bits per heavy atom. The molecule has 0 radical (unpaired) electrons. The molecule has 4 rings (SSSR count). The number of imidazole rings is 1. The van der Waals surface area contributed by atoms with Gasteiger partial charge in [0, 0.05) is 57.7 Å². The number of aryl methyl sites for hydroxylation is 2. The number of likely N-dealkylation sites (N-methyl/N-ethyl adjacent to an activating group) is 1. The number of hydrogen-bond acceptors (Lipinski definition) is 5. The maximum absolute atomic E-state index is 12.9. The van der Waals surface area contributed by atoms with Gasteiger partial charge in [-0.2, -0.15) is 0 Å². The van der Waals surface area contributed by atoms with Crippen molar-refractivity contribution in [1.82, 2.24) is 19.0 Å². The molecule has 3 heterocycles. The highest BCUT2D eigenvalue weighted by atomic mass is 16.3. The monoisotopic (exact) mass is 421 g/mol. The number of pyridine rings is 1. The molecule has 0 aliphatic carbocycles. The lowest BCUT2D eigenvalue weighted by atomic mass is 9.98. The van der Waals surface area contributed by atoms with Crippen LogP contribution in [-0.4, -0.2) is 57.4 Å². The lowest BCUT2D eigenvalue weighted by Crippen LogP contribution is -2.44. The van der Waals surface area contributed by atoms with E-state index in [9.17, 15) is 9.90 Å². The van der Waals surface area contributed by atoms with E-state index >= 15 is 0 Å². The number of benzene rings is 1. The van der Waals surface area contributed by atoms with Gasteiger partial charge in [-0.05, 0) is 50.7 Å². The molecule has 0 amide bonds. The van der Waals surface area contributed by atoms with Crippen molar-refractivity contribution in [1.29, 1.82) is 0 Å². The van der Waals surface area contributed by atoms with Crippen LogP contribution in [0, 0.1) is 0 Å². The second kappa shape index (κ2) is 8.69. The Kier molecular flexibility index (Phi) is 5.98. The molecule has 1 N–H and O–H groups in total. The number of aromatic nitrogens is 3. The quantitative estimate of drug-likeness (QED) is 0.661. The molecule has 0 atom stereocenters. The van der Waals surface area contributed by atoms with Crippen LogP contribution in [0.4, 0.5) is 5.69 Å². The third-order valence-corrected chi connectivity index (χ3v) is 6.00. The predicted molar refractivity (Wildman–Crippen MR) is 123 cm³/mol. The molecular weight excluding hydrogens is 390 g/mol. The average Bonchev–Trinajstić information content (AvgIpc) is 3.13. The predicted octanol–water partition coefficient (Wildman–Crippen LogP) is 2.26. The van der Waals surface area contributed by atoms with Crippen molar-refractivity contribution in [2.45, 2.75) is 32.4 Å². The summed E-state index contributed by atoms with van der Waals surface area (Å²) in [4.78, 5) is 22.3. The van der Waals surface area contributed by atoms with Gasteiger partial charge in [0.15, 0.2) is 0 Å². The van der Waals surface area contributed by atoms with Crippen LogP contribution >= 0.6 is 0 Å². The molecule has 1 aliphatic rings. The number of hydrogen-bond donors (Lipinski definition) is 1. The molecule has 2 aromatic heterocycles. The van der Waals surface area contributed by atoms with Gasteiger partial charge in [-0.25, -0.2) is 4.79 Å². The van der Waals surface area contributed by atoms with E-state index in [0.29, 0.717) is 13.0 Å². The van der Waals surface area contributed by atoms with Crippen LogP contribution < -0.4 is 10.6 Å². The fraction of sp³-hybridized carbons (Fsp3) is 0.417. The molecular formula is C24H31N5O2. The molecule has 0 spiro atoms. The summed E-state index contributed by atoms with van der Waals surface area (Å²) in [6.45, 7) is 8.15. The summed E-state index contributed by atoms with van der Waals surface area (Å²) in [7, 11) is 2.15. The van der Waals surface area contributed by atoms with Crippen molar-refractivity contribution in [3.05, 3.63) is 76.7 Å². The molecule has 7 nitrogen and oxygen atoms in total. The van der Waals surface area contributed by atoms with Gasteiger partial charge in [0.05, 0.1) is 22.7 Å². The third kappa shape index (κ3) is 4.73. The van der Waals surface area contributed by atoms with Gasteiger partial charge in [-0.1, -0.05) is 12.1 Å². The molecule has 1 saturated heterocycles. The molecule has 1 aromatic carbocycles. The minimum Gasteiger partial charge on any atom is -0.386 e. The van der Waals surface area contributed by atoms with Crippen molar-refractivity contribution < 1.29 is 5.11 Å². The molecule has 3 aromatic rings. The lowest BCUT2D eigenvalue weighted by molar-refractivity contribution is 0.0786. The van der Waals surface area contributed by atoms with Gasteiger partial charge in [0.25, 0.3) is 0 Å². The van der Waals surface area contributed by atoms with Crippen LogP contribution in [0.5, 0.6) is 0 Å². The van der Waals surface area contributed by atoms with E-state index in [-0.39, 0.29) is 5.69 Å². The largest absolute Gasteiger partial charge is 0.386 e. The first-order valence-corrected chi connectivity index (χ1v) is 10.8. The van der Waals surface area contributed by atoms with E-state index in [4.69, 9.17) is 0 Å². The van der Waals surface area contributed by atoms with Gasteiger partial charge in [0.2, 0.25) is 0 Å². The van der Waals surface area contributed by atoms with Gasteiger partial charge in [-0.15, -0.1) is 0 Å². The summed E-state index contributed by atoms with van der Waals surface area (Å²) in [5.41, 5.74) is 2.82. The smallest absolute Gasteiger partial charge is 0.332 e. The zero-order valence-electron chi connectivity index (χ0n) is 18.5. The zero-order valence-corrected chi connectivity index (χ0v) is 18.5. The Morgan fingerprint density at radius 2 is 1.74 bits per heavy atom. The third-order valence-electron chi connectivity index (χ3n) is 6.00. The Balaban J connectivity index is 1.49. The highest BCUT2D eigenvalue weighted by Crippen LogP contribution is 2.22. The first kappa shape index (κ1) is 21.3. The van der Waals surface area contributed by atoms with Gasteiger partial charge in [-0.3, -0.25) is 14.1 Å². The Hall–Kier alpha value is -2.90. The molecule has 7 heteroatoms. The SMILES string of the molecule is CN1CCN(c2cccnc2CCn2ccn(-c3ccc(C(C)(C)O)cc3)c2=O)CC1. The fourth-order valence-electron chi connectivity index (χ4n) is 3.99. The molecule has 1 aliphatic heterocycles. The fourth-order valence-corrected chi connectivity index (χ4v) is 3.99. The van der Waals surface area contributed by atoms with Gasteiger partial charge in [0.1, 0.15) is 0 Å². The minimum absolute atomic E-state index is 0.0758. The van der Waals surface area contributed by atoms with Crippen LogP contribution in [0.1, 0.15) is 25.1 Å². The lowest BCUT2D eigenvalue weighted by Gasteiger charge is -2.34. The summed E-state index contributed by atoms with van der Waals surface area (Å²) in [6.07, 6.45) is 6.14. The van der Waals surface area contributed by atoms with Crippen molar-refractivity contribution in [2.24, 2.45) is 0 Å². The summed E-state index contributed by atoms with van der Waals surface area (Å²) in [5, 5.41) is 10.1. The average molecular weight is 422 g/mol. The van der Waals surface area contributed by atoms with Crippen LogP contribution in [0.2, 0.25) is 0 Å². The molecule has 164 valence electrons. The van der Waals surface area contributed by atoms with Crippen LogP contribution in [0.15, 0.2) is 59.8 Å². The second-order valence-electron chi connectivity index (χ2n) is 8.76. The number of aliphatic hydroxyl groups is 1. The van der Waals surface area contributed by atoms with Crippen molar-refractivity contribution in [2.75, 3.05) is 38.1 Å². The Bertz CT molecular complexity index is 1070. The van der Waals surface area contributed by atoms with Crippen molar-refractivity contribution >= 4 is 5.69 Å². The molecule has 0 unspecified atom stereocenters. The first-order valence-electron chi connectivity index (χ1n) is 10.8. The maximum atomic E-state index is 12.9. The highest BCUT2D eigenvalue weighted by molar-refractivity contribution is 5.51. The summed E-state index contributed by atoms with van der Waals surface area (Å²) in [6, 6.07) is 11.6. The molecule has 0 saturated carbocycles. The highest BCUT2D eigenvalue weighted by Gasteiger charge is 2.18. The summed E-state index contributed by atoms with van der Waals surface area (Å²) in [5.74, 6) is 0. The Morgan fingerprint density at radius 3 is 2.42 bits per heavy atom. The van der Waals surface area contributed by atoms with Crippen LogP contribution in [0.25, 0.3) is 5.69 Å². The molecule has 31 heavy (non-hydrogen) atoms. The van der Waals surface area contributed by atoms with Crippen LogP contribution in [-0.2, 0) is 18.6 Å². The topological polar surface area (TPSA) is 66.5 Å². The zero-order chi connectivity index (χ0) is 22.0. The maximum Gasteiger partial charge on any atom is 0.332 e. The number of piperazine rings is 1. The number of rotatable bonds is 6. The van der Waals surface area contributed by atoms with E-state index in [1.165, 1.54) is 5.69 Å². The normalized spacial score (nSPS) is 15.4. The van der Waals surface area contributed by atoms with Gasteiger partial charge >= 0.3 is 5.69 Å². The summed E-state index contributed by atoms with van der Waals surface area (Å²) >= 11 is 0. The standard InChI is InChI=1S/C24H31N5O2/c1-24(2,31)19-6-8-20(9-7-19)29-18-17-28(23(29)30)12-10-21-22(5-4-11-25-21)27-15-13-26(3)14-16-27/h4-9,11,17-18,31H,10,12-16H2,1-3H3. The molecule has 1 fully saturated rings. The minimum atomic E-state index is -0.903. The van der Waals surface area contributed by atoms with E-state index in [2.05, 4.69) is 27.9 Å². The van der Waals surface area contributed by atoms with E-state index in [1.807, 2.05) is 42.7 Å². The van der Waals surface area contributed by atoms with E-state index in [1.54, 1.807) is 29.2 Å². The van der Waals surface area contributed by atoms with E-state index < -0.39 is 5.60 Å². The second-order valence-corrected chi connectivity index (χ2v) is 8.76. The van der Waals surface area contributed by atoms with Crippen molar-refractivity contribution in [3.63, 3.8) is 0 Å². The van der Waals surface area contributed by atoms with Crippen LogP contribution in [0.3, 0.4) is 0 Å². The molecule has 0 bridgehead atoms. The number of nitrogens with zero attached hydrogens (tertiary/aromatic N) is 5. The summed E-state index contributed by atoms with van der Waals surface area (Å²) < 4.78 is 3.36.